The second-order valence-corrected chi connectivity index (χ2v) is 5.47. The van der Waals surface area contributed by atoms with Gasteiger partial charge in [-0.25, -0.2) is 0 Å². The van der Waals surface area contributed by atoms with Gasteiger partial charge in [0.15, 0.2) is 0 Å². The van der Waals surface area contributed by atoms with E-state index in [1.807, 2.05) is 4.90 Å². The molecule has 0 aliphatic heterocycles. The molecule has 0 radical (unpaired) electrons. The minimum atomic E-state index is -0.0869. The molecule has 0 bridgehead atoms. The molecular weight excluding hydrogens is 262 g/mol. The fourth-order valence-corrected chi connectivity index (χ4v) is 2.65. The van der Waals surface area contributed by atoms with Crippen LogP contribution in [0.4, 0.5) is 0 Å². The SMILES string of the molecule is CCc1ccc(CN(CC(=O)NC)CC(=O)NC)s1. The summed E-state index contributed by atoms with van der Waals surface area (Å²) < 4.78 is 0. The summed E-state index contributed by atoms with van der Waals surface area (Å²) in [6.45, 7) is 3.18. The lowest BCUT2D eigenvalue weighted by Crippen LogP contribution is -2.40. The number of likely N-dealkylation sites (N-methyl/N-ethyl adjacent to an activating group) is 2. The largest absolute Gasteiger partial charge is 0.358 e. The van der Waals surface area contributed by atoms with Crippen LogP contribution in [-0.4, -0.2) is 43.9 Å². The zero-order valence-electron chi connectivity index (χ0n) is 11.7. The van der Waals surface area contributed by atoms with E-state index < -0.39 is 0 Å². The predicted molar refractivity (Wildman–Crippen MR) is 77.1 cm³/mol. The Bertz CT molecular complexity index is 413. The van der Waals surface area contributed by atoms with Gasteiger partial charge in [-0.05, 0) is 18.6 Å². The van der Waals surface area contributed by atoms with E-state index in [0.29, 0.717) is 6.54 Å². The minimum absolute atomic E-state index is 0.0869. The van der Waals surface area contributed by atoms with E-state index in [2.05, 4.69) is 29.7 Å². The van der Waals surface area contributed by atoms with Gasteiger partial charge >= 0.3 is 0 Å². The summed E-state index contributed by atoms with van der Waals surface area (Å²) in [5.41, 5.74) is 0. The average molecular weight is 283 g/mol. The number of nitrogens with zero attached hydrogens (tertiary/aromatic N) is 1. The first-order valence-corrected chi connectivity index (χ1v) is 7.11. The maximum Gasteiger partial charge on any atom is 0.233 e. The number of hydrogen-bond donors (Lipinski definition) is 2. The van der Waals surface area contributed by atoms with Crippen LogP contribution in [0.15, 0.2) is 12.1 Å². The molecule has 6 heteroatoms. The Morgan fingerprint density at radius 3 is 2.05 bits per heavy atom. The molecule has 0 saturated heterocycles. The van der Waals surface area contributed by atoms with Crippen LogP contribution in [0.2, 0.25) is 0 Å². The topological polar surface area (TPSA) is 61.4 Å². The van der Waals surface area contributed by atoms with E-state index in [1.54, 1.807) is 25.4 Å². The number of nitrogens with one attached hydrogen (secondary N) is 2. The van der Waals surface area contributed by atoms with Crippen molar-refractivity contribution in [3.63, 3.8) is 0 Å². The van der Waals surface area contributed by atoms with Crippen LogP contribution < -0.4 is 10.6 Å². The highest BCUT2D eigenvalue weighted by Crippen LogP contribution is 2.18. The lowest BCUT2D eigenvalue weighted by molar-refractivity contribution is -0.124. The molecule has 0 atom stereocenters. The average Bonchev–Trinajstić information content (AvgIpc) is 2.85. The monoisotopic (exact) mass is 283 g/mol. The van der Waals surface area contributed by atoms with Crippen LogP contribution in [-0.2, 0) is 22.6 Å². The van der Waals surface area contributed by atoms with Gasteiger partial charge in [-0.1, -0.05) is 6.92 Å². The Morgan fingerprint density at radius 1 is 1.11 bits per heavy atom. The van der Waals surface area contributed by atoms with E-state index >= 15 is 0 Å². The maximum atomic E-state index is 11.5. The standard InChI is InChI=1S/C13H21N3O2S/c1-4-10-5-6-11(19-10)7-16(8-12(17)14-2)9-13(18)15-3/h5-6H,4,7-9H2,1-3H3,(H,14,17)(H,15,18). The van der Waals surface area contributed by atoms with Crippen molar-refractivity contribution in [2.24, 2.45) is 0 Å². The first-order valence-electron chi connectivity index (χ1n) is 6.30. The highest BCUT2D eigenvalue weighted by Gasteiger charge is 2.14. The molecule has 1 aromatic heterocycles. The molecule has 0 aromatic carbocycles. The van der Waals surface area contributed by atoms with Gasteiger partial charge in [-0.3, -0.25) is 14.5 Å². The second-order valence-electron chi connectivity index (χ2n) is 4.21. The zero-order valence-corrected chi connectivity index (χ0v) is 12.5. The zero-order chi connectivity index (χ0) is 14.3. The van der Waals surface area contributed by atoms with Gasteiger partial charge in [0, 0.05) is 30.4 Å². The van der Waals surface area contributed by atoms with Crippen molar-refractivity contribution in [3.8, 4) is 0 Å². The van der Waals surface area contributed by atoms with Crippen LogP contribution in [0.25, 0.3) is 0 Å². The lowest BCUT2D eigenvalue weighted by atomic mass is 10.3. The van der Waals surface area contributed by atoms with E-state index in [9.17, 15) is 9.59 Å². The molecule has 2 amide bonds. The van der Waals surface area contributed by atoms with Crippen LogP contribution in [0.3, 0.4) is 0 Å². The maximum absolute atomic E-state index is 11.5. The fraction of sp³-hybridized carbons (Fsp3) is 0.538. The predicted octanol–water partition coefficient (Wildman–Crippen LogP) is 0.604. The highest BCUT2D eigenvalue weighted by atomic mass is 32.1. The number of rotatable bonds is 7. The first-order chi connectivity index (χ1) is 9.08. The molecule has 106 valence electrons. The van der Waals surface area contributed by atoms with Crippen molar-refractivity contribution >= 4 is 23.2 Å². The Hall–Kier alpha value is -1.40. The van der Waals surface area contributed by atoms with Gasteiger partial charge in [0.25, 0.3) is 0 Å². The third-order valence-corrected chi connectivity index (χ3v) is 3.95. The number of aryl methyl sites for hydroxylation is 1. The normalized spacial score (nSPS) is 10.5. The summed E-state index contributed by atoms with van der Waals surface area (Å²) in [6, 6.07) is 4.15. The molecule has 0 saturated carbocycles. The van der Waals surface area contributed by atoms with Crippen molar-refractivity contribution < 1.29 is 9.59 Å². The number of carbonyl (C=O) groups is 2. The van der Waals surface area contributed by atoms with Crippen molar-refractivity contribution in [2.45, 2.75) is 19.9 Å². The van der Waals surface area contributed by atoms with Gasteiger partial charge in [-0.15, -0.1) is 11.3 Å². The van der Waals surface area contributed by atoms with E-state index in [1.165, 1.54) is 9.75 Å². The third-order valence-electron chi connectivity index (χ3n) is 2.74. The Labute approximate surface area is 118 Å². The summed E-state index contributed by atoms with van der Waals surface area (Å²) in [4.78, 5) is 27.2. The number of hydrogen-bond acceptors (Lipinski definition) is 4. The Morgan fingerprint density at radius 2 is 1.63 bits per heavy atom. The third kappa shape index (κ3) is 5.40. The number of carbonyl (C=O) groups excluding carboxylic acids is 2. The van der Waals surface area contributed by atoms with Crippen LogP contribution in [0, 0.1) is 0 Å². The van der Waals surface area contributed by atoms with Gasteiger partial charge in [0.1, 0.15) is 0 Å². The van der Waals surface area contributed by atoms with Gasteiger partial charge in [-0.2, -0.15) is 0 Å². The molecule has 19 heavy (non-hydrogen) atoms. The summed E-state index contributed by atoms with van der Waals surface area (Å²) in [7, 11) is 3.20. The van der Waals surface area contributed by atoms with Crippen LogP contribution in [0.5, 0.6) is 0 Å². The van der Waals surface area contributed by atoms with Crippen LogP contribution in [0.1, 0.15) is 16.7 Å². The summed E-state index contributed by atoms with van der Waals surface area (Å²) in [6.07, 6.45) is 1.01. The molecule has 0 spiro atoms. The Kier molecular flexibility index (Phi) is 6.52. The molecule has 1 heterocycles. The minimum Gasteiger partial charge on any atom is -0.358 e. The smallest absolute Gasteiger partial charge is 0.233 e. The van der Waals surface area contributed by atoms with E-state index in [4.69, 9.17) is 0 Å². The summed E-state index contributed by atoms with van der Waals surface area (Å²) in [5, 5.41) is 5.16. The van der Waals surface area contributed by atoms with Gasteiger partial charge in [0.05, 0.1) is 13.1 Å². The molecule has 0 unspecified atom stereocenters. The second kappa shape index (κ2) is 7.91. The quantitative estimate of drug-likeness (QED) is 0.770. The molecule has 0 aliphatic carbocycles. The van der Waals surface area contributed by atoms with Crippen LogP contribution >= 0.6 is 11.3 Å². The van der Waals surface area contributed by atoms with Crippen molar-refractivity contribution in [2.75, 3.05) is 27.2 Å². The molecular formula is C13H21N3O2S. The van der Waals surface area contributed by atoms with E-state index in [0.717, 1.165) is 6.42 Å². The molecule has 2 N–H and O–H groups in total. The molecule has 5 nitrogen and oxygen atoms in total. The molecule has 1 rings (SSSR count). The summed E-state index contributed by atoms with van der Waals surface area (Å²) in [5.74, 6) is -0.174. The summed E-state index contributed by atoms with van der Waals surface area (Å²) >= 11 is 1.73. The van der Waals surface area contributed by atoms with Crippen molar-refractivity contribution in [3.05, 3.63) is 21.9 Å². The Balaban J connectivity index is 2.66. The molecule has 0 aliphatic rings. The van der Waals surface area contributed by atoms with Crippen molar-refractivity contribution in [1.29, 1.82) is 0 Å². The first kappa shape index (κ1) is 15.7. The van der Waals surface area contributed by atoms with Gasteiger partial charge < -0.3 is 10.6 Å². The van der Waals surface area contributed by atoms with Crippen molar-refractivity contribution in [1.82, 2.24) is 15.5 Å². The van der Waals surface area contributed by atoms with Gasteiger partial charge in [0.2, 0.25) is 11.8 Å². The lowest BCUT2D eigenvalue weighted by Gasteiger charge is -2.19. The molecule has 1 aromatic rings. The molecule has 0 fully saturated rings. The number of amides is 2. The highest BCUT2D eigenvalue weighted by molar-refractivity contribution is 7.11. The fourth-order valence-electron chi connectivity index (χ4n) is 1.65. The number of thiophene rings is 1. The van der Waals surface area contributed by atoms with E-state index in [-0.39, 0.29) is 24.9 Å².